The molecule has 0 spiro atoms. The van der Waals surface area contributed by atoms with Crippen molar-refractivity contribution < 1.29 is 0 Å². The Kier molecular flexibility index (Phi) is 3.71. The van der Waals surface area contributed by atoms with Crippen LogP contribution in [0.2, 0.25) is 0 Å². The molecule has 1 heteroatoms. The van der Waals surface area contributed by atoms with Crippen LogP contribution in [-0.4, -0.2) is 0 Å². The molecule has 0 fully saturated rings. The van der Waals surface area contributed by atoms with Gasteiger partial charge in [0, 0.05) is 5.69 Å². The van der Waals surface area contributed by atoms with E-state index < -0.39 is 0 Å². The van der Waals surface area contributed by atoms with E-state index in [4.69, 9.17) is 5.73 Å². The third kappa shape index (κ3) is 2.56. The summed E-state index contributed by atoms with van der Waals surface area (Å²) in [6, 6.07) is 15.1. The molecule has 2 aromatic carbocycles. The van der Waals surface area contributed by atoms with Gasteiger partial charge in [-0.2, -0.15) is 0 Å². The summed E-state index contributed by atoms with van der Waals surface area (Å²) in [5.41, 5.74) is 11.9. The van der Waals surface area contributed by atoms with E-state index in [1.807, 2.05) is 6.07 Å². The Morgan fingerprint density at radius 3 is 2.11 bits per heavy atom. The Balaban J connectivity index is 2.36. The maximum absolute atomic E-state index is 5.94. The van der Waals surface area contributed by atoms with Crippen molar-refractivity contribution in [3.63, 3.8) is 0 Å². The summed E-state index contributed by atoms with van der Waals surface area (Å²) in [7, 11) is 0. The molecule has 0 amide bonds. The van der Waals surface area contributed by atoms with Crippen LogP contribution >= 0.6 is 0 Å². The predicted molar refractivity (Wildman–Crippen MR) is 79.8 cm³/mol. The second-order valence-electron chi connectivity index (χ2n) is 5.04. The second-order valence-corrected chi connectivity index (χ2v) is 5.04. The first kappa shape index (κ1) is 12.7. The summed E-state index contributed by atoms with van der Waals surface area (Å²) in [6.45, 7) is 6.57. The molecule has 0 aliphatic rings. The number of hydrogen-bond donors (Lipinski definition) is 1. The fourth-order valence-corrected chi connectivity index (χ4v) is 2.15. The van der Waals surface area contributed by atoms with Gasteiger partial charge >= 0.3 is 0 Å². The Bertz CT molecular complexity index is 524. The van der Waals surface area contributed by atoms with E-state index in [0.717, 1.165) is 12.1 Å². The summed E-state index contributed by atoms with van der Waals surface area (Å²) in [6.07, 6.45) is 0.976. The molecule has 0 saturated carbocycles. The van der Waals surface area contributed by atoms with Crippen molar-refractivity contribution in [2.75, 3.05) is 5.73 Å². The van der Waals surface area contributed by atoms with Gasteiger partial charge in [-0.1, -0.05) is 51.1 Å². The largest absolute Gasteiger partial charge is 0.399 e. The molecule has 2 aromatic rings. The van der Waals surface area contributed by atoms with Gasteiger partial charge in [-0.15, -0.1) is 0 Å². The number of nitrogens with two attached hydrogens (primary N) is 1. The fourth-order valence-electron chi connectivity index (χ4n) is 2.15. The van der Waals surface area contributed by atoms with Gasteiger partial charge in [0.15, 0.2) is 0 Å². The van der Waals surface area contributed by atoms with Gasteiger partial charge in [0.1, 0.15) is 0 Å². The van der Waals surface area contributed by atoms with Crippen LogP contribution in [0, 0.1) is 0 Å². The minimum atomic E-state index is 0.580. The summed E-state index contributed by atoms with van der Waals surface area (Å²) in [5, 5.41) is 0. The predicted octanol–water partition coefficient (Wildman–Crippen LogP) is 4.62. The van der Waals surface area contributed by atoms with E-state index in [1.54, 1.807) is 0 Å². The molecule has 0 saturated heterocycles. The number of aryl methyl sites for hydroxylation is 1. The van der Waals surface area contributed by atoms with Gasteiger partial charge in [-0.3, -0.25) is 0 Å². The van der Waals surface area contributed by atoms with Crippen molar-refractivity contribution in [2.24, 2.45) is 0 Å². The maximum Gasteiger partial charge on any atom is 0.0346 e. The normalized spacial score (nSPS) is 10.9. The molecule has 2 rings (SSSR count). The Labute approximate surface area is 110 Å². The summed E-state index contributed by atoms with van der Waals surface area (Å²) in [4.78, 5) is 0. The number of benzene rings is 2. The van der Waals surface area contributed by atoms with Crippen LogP contribution in [0.3, 0.4) is 0 Å². The standard InChI is InChI=1S/C17H21N/c1-4-13-11-16(9-10-17(13)18)15-7-5-14(6-8-15)12(2)3/h5-12H,4,18H2,1-3H3. The molecule has 0 unspecified atom stereocenters. The summed E-state index contributed by atoms with van der Waals surface area (Å²) < 4.78 is 0. The molecular formula is C17H21N. The van der Waals surface area contributed by atoms with Gasteiger partial charge in [0.25, 0.3) is 0 Å². The van der Waals surface area contributed by atoms with Crippen molar-refractivity contribution in [3.8, 4) is 11.1 Å². The molecule has 2 N–H and O–H groups in total. The minimum absolute atomic E-state index is 0.580. The van der Waals surface area contributed by atoms with E-state index in [1.165, 1.54) is 22.3 Å². The molecule has 0 atom stereocenters. The quantitative estimate of drug-likeness (QED) is 0.777. The molecule has 0 radical (unpaired) electrons. The molecule has 0 aliphatic carbocycles. The van der Waals surface area contributed by atoms with Gasteiger partial charge < -0.3 is 5.73 Å². The van der Waals surface area contributed by atoms with Crippen LogP contribution in [-0.2, 0) is 6.42 Å². The van der Waals surface area contributed by atoms with E-state index >= 15 is 0 Å². The molecular weight excluding hydrogens is 218 g/mol. The molecule has 94 valence electrons. The van der Waals surface area contributed by atoms with Crippen LogP contribution in [0.5, 0.6) is 0 Å². The van der Waals surface area contributed by atoms with E-state index in [0.29, 0.717) is 5.92 Å². The molecule has 0 aromatic heterocycles. The highest BCUT2D eigenvalue weighted by Crippen LogP contribution is 2.25. The van der Waals surface area contributed by atoms with E-state index in [2.05, 4.69) is 57.2 Å². The van der Waals surface area contributed by atoms with Crippen molar-refractivity contribution in [1.82, 2.24) is 0 Å². The first-order valence-electron chi connectivity index (χ1n) is 6.60. The molecule has 18 heavy (non-hydrogen) atoms. The average Bonchev–Trinajstić information content (AvgIpc) is 2.39. The topological polar surface area (TPSA) is 26.0 Å². The lowest BCUT2D eigenvalue weighted by molar-refractivity contribution is 0.867. The summed E-state index contributed by atoms with van der Waals surface area (Å²) >= 11 is 0. The zero-order valence-corrected chi connectivity index (χ0v) is 11.4. The van der Waals surface area contributed by atoms with Crippen LogP contribution in [0.15, 0.2) is 42.5 Å². The fraction of sp³-hybridized carbons (Fsp3) is 0.294. The van der Waals surface area contributed by atoms with E-state index in [9.17, 15) is 0 Å². The molecule has 0 aliphatic heterocycles. The number of hydrogen-bond acceptors (Lipinski definition) is 1. The van der Waals surface area contributed by atoms with Gasteiger partial charge in [-0.25, -0.2) is 0 Å². The minimum Gasteiger partial charge on any atom is -0.399 e. The SMILES string of the molecule is CCc1cc(-c2ccc(C(C)C)cc2)ccc1N. The number of anilines is 1. The second kappa shape index (κ2) is 5.26. The Morgan fingerprint density at radius 2 is 1.56 bits per heavy atom. The average molecular weight is 239 g/mol. The first-order valence-corrected chi connectivity index (χ1v) is 6.60. The summed E-state index contributed by atoms with van der Waals surface area (Å²) in [5.74, 6) is 0.580. The molecule has 0 heterocycles. The number of nitrogen functional groups attached to an aromatic ring is 1. The van der Waals surface area contributed by atoms with Gasteiger partial charge in [0.2, 0.25) is 0 Å². The van der Waals surface area contributed by atoms with Gasteiger partial charge in [-0.05, 0) is 46.7 Å². The Hall–Kier alpha value is -1.76. The van der Waals surface area contributed by atoms with Crippen molar-refractivity contribution in [3.05, 3.63) is 53.6 Å². The first-order chi connectivity index (χ1) is 8.61. The highest BCUT2D eigenvalue weighted by Gasteiger charge is 2.03. The maximum atomic E-state index is 5.94. The molecule has 1 nitrogen and oxygen atoms in total. The van der Waals surface area contributed by atoms with Gasteiger partial charge in [0.05, 0.1) is 0 Å². The zero-order valence-electron chi connectivity index (χ0n) is 11.4. The van der Waals surface area contributed by atoms with Crippen molar-refractivity contribution in [1.29, 1.82) is 0 Å². The van der Waals surface area contributed by atoms with Crippen molar-refractivity contribution >= 4 is 5.69 Å². The van der Waals surface area contributed by atoms with Crippen molar-refractivity contribution in [2.45, 2.75) is 33.1 Å². The third-order valence-electron chi connectivity index (χ3n) is 3.43. The van der Waals surface area contributed by atoms with Crippen LogP contribution < -0.4 is 5.73 Å². The molecule has 0 bridgehead atoms. The van der Waals surface area contributed by atoms with Crippen LogP contribution in [0.4, 0.5) is 5.69 Å². The smallest absolute Gasteiger partial charge is 0.0346 e. The lowest BCUT2D eigenvalue weighted by Crippen LogP contribution is -1.93. The third-order valence-corrected chi connectivity index (χ3v) is 3.43. The highest BCUT2D eigenvalue weighted by atomic mass is 14.6. The zero-order chi connectivity index (χ0) is 13.1. The number of rotatable bonds is 3. The monoisotopic (exact) mass is 239 g/mol. The lowest BCUT2D eigenvalue weighted by atomic mass is 9.97. The van der Waals surface area contributed by atoms with E-state index in [-0.39, 0.29) is 0 Å². The highest BCUT2D eigenvalue weighted by molar-refractivity contribution is 5.68. The Morgan fingerprint density at radius 1 is 0.944 bits per heavy atom. The van der Waals surface area contributed by atoms with Crippen LogP contribution in [0.1, 0.15) is 37.8 Å². The lowest BCUT2D eigenvalue weighted by Gasteiger charge is -2.09. The van der Waals surface area contributed by atoms with Crippen LogP contribution in [0.25, 0.3) is 11.1 Å².